The van der Waals surface area contributed by atoms with Crippen molar-refractivity contribution >= 4 is 53.9 Å². The fraction of sp³-hybridized carbons (Fsp3) is 0.350. The Hall–Kier alpha value is -1.86. The van der Waals surface area contributed by atoms with Crippen molar-refractivity contribution in [2.24, 2.45) is 5.92 Å². The first kappa shape index (κ1) is 25.2. The maximum absolute atomic E-state index is 13.0. The lowest BCUT2D eigenvalue weighted by atomic mass is 9.96. The maximum atomic E-state index is 13.0. The summed E-state index contributed by atoms with van der Waals surface area (Å²) in [6.45, 7) is 2.02. The second-order valence-corrected chi connectivity index (χ2v) is 7.07. The molecule has 2 N–H and O–H groups in total. The average Bonchev–Trinajstić information content (AvgIpc) is 2.70. The number of aromatic nitrogens is 1. The zero-order valence-electron chi connectivity index (χ0n) is 15.8. The molecule has 1 aliphatic rings. The first-order valence-electron chi connectivity index (χ1n) is 9.05. The van der Waals surface area contributed by atoms with Gasteiger partial charge in [-0.25, -0.2) is 0 Å². The molecule has 29 heavy (non-hydrogen) atoms. The predicted octanol–water partition coefficient (Wildman–Crippen LogP) is 3.55. The standard InChI is InChI=1S/C20H23ClN4O2.2ClH/c21-17-3-5-18(6-4-17)24-19(26)14-25(13-15-2-1-9-23-12-15)20(27)16-7-10-22-11-8-16;;/h1-6,9,12,16,22H,7-8,10-11,13-14H2,(H,24,26);2*1H. The topological polar surface area (TPSA) is 74.3 Å². The zero-order valence-corrected chi connectivity index (χ0v) is 18.2. The number of anilines is 1. The van der Waals surface area contributed by atoms with Crippen LogP contribution in [0.5, 0.6) is 0 Å². The number of benzene rings is 1. The molecular weight excluding hydrogens is 435 g/mol. The van der Waals surface area contributed by atoms with Crippen molar-refractivity contribution in [1.29, 1.82) is 0 Å². The molecule has 0 saturated carbocycles. The third kappa shape index (κ3) is 7.82. The Labute approximate surface area is 188 Å². The Morgan fingerprint density at radius 2 is 1.83 bits per heavy atom. The van der Waals surface area contributed by atoms with E-state index in [0.717, 1.165) is 31.5 Å². The third-order valence-corrected chi connectivity index (χ3v) is 4.81. The van der Waals surface area contributed by atoms with E-state index in [2.05, 4.69) is 15.6 Å². The van der Waals surface area contributed by atoms with Crippen LogP contribution in [-0.4, -0.2) is 41.3 Å². The Kier molecular flexibility index (Phi) is 11.0. The number of hydrogen-bond donors (Lipinski definition) is 2. The number of halogens is 3. The summed E-state index contributed by atoms with van der Waals surface area (Å²) in [6.07, 6.45) is 5.00. The van der Waals surface area contributed by atoms with E-state index in [1.165, 1.54) is 0 Å². The molecule has 1 aromatic carbocycles. The normalized spacial score (nSPS) is 13.6. The lowest BCUT2D eigenvalue weighted by molar-refractivity contribution is -0.139. The number of carbonyl (C=O) groups excluding carboxylic acids is 2. The maximum Gasteiger partial charge on any atom is 0.244 e. The molecular formula is C20H25Cl3N4O2. The van der Waals surface area contributed by atoms with Crippen LogP contribution in [0.25, 0.3) is 0 Å². The summed E-state index contributed by atoms with van der Waals surface area (Å²) >= 11 is 5.87. The smallest absolute Gasteiger partial charge is 0.244 e. The minimum absolute atomic E-state index is 0. The fourth-order valence-corrected chi connectivity index (χ4v) is 3.28. The van der Waals surface area contributed by atoms with E-state index in [-0.39, 0.29) is 49.1 Å². The third-order valence-electron chi connectivity index (χ3n) is 4.56. The van der Waals surface area contributed by atoms with E-state index < -0.39 is 0 Å². The van der Waals surface area contributed by atoms with Gasteiger partial charge >= 0.3 is 0 Å². The van der Waals surface area contributed by atoms with E-state index in [9.17, 15) is 9.59 Å². The molecule has 2 amide bonds. The van der Waals surface area contributed by atoms with E-state index >= 15 is 0 Å². The Bertz CT molecular complexity index is 769. The van der Waals surface area contributed by atoms with Crippen LogP contribution in [0.3, 0.4) is 0 Å². The number of piperidine rings is 1. The van der Waals surface area contributed by atoms with Crippen LogP contribution in [0.1, 0.15) is 18.4 Å². The SMILES string of the molecule is Cl.Cl.O=C(CN(Cc1cccnc1)C(=O)C1CCNCC1)Nc1ccc(Cl)cc1. The number of nitrogens with one attached hydrogen (secondary N) is 2. The number of rotatable bonds is 6. The van der Waals surface area contributed by atoms with Gasteiger partial charge in [-0.3, -0.25) is 14.6 Å². The Morgan fingerprint density at radius 1 is 1.14 bits per heavy atom. The molecule has 6 nitrogen and oxygen atoms in total. The van der Waals surface area contributed by atoms with Gasteiger partial charge in [0.1, 0.15) is 6.54 Å². The molecule has 1 fully saturated rings. The van der Waals surface area contributed by atoms with Gasteiger partial charge in [0.2, 0.25) is 11.8 Å². The van der Waals surface area contributed by atoms with Crippen LogP contribution in [0.4, 0.5) is 5.69 Å². The molecule has 0 radical (unpaired) electrons. The van der Waals surface area contributed by atoms with E-state index in [4.69, 9.17) is 11.6 Å². The summed E-state index contributed by atoms with van der Waals surface area (Å²) in [7, 11) is 0. The van der Waals surface area contributed by atoms with Crippen LogP contribution in [-0.2, 0) is 16.1 Å². The minimum atomic E-state index is -0.233. The Balaban J connectivity index is 0.00000210. The van der Waals surface area contributed by atoms with Crippen LogP contribution >= 0.6 is 36.4 Å². The first-order chi connectivity index (χ1) is 13.1. The quantitative estimate of drug-likeness (QED) is 0.693. The second-order valence-electron chi connectivity index (χ2n) is 6.63. The van der Waals surface area contributed by atoms with Crippen molar-refractivity contribution in [3.05, 3.63) is 59.4 Å². The first-order valence-corrected chi connectivity index (χ1v) is 9.43. The number of pyridine rings is 1. The summed E-state index contributed by atoms with van der Waals surface area (Å²) in [4.78, 5) is 31.3. The summed E-state index contributed by atoms with van der Waals surface area (Å²) in [5.41, 5.74) is 1.55. The van der Waals surface area contributed by atoms with Crippen molar-refractivity contribution in [3.8, 4) is 0 Å². The van der Waals surface area contributed by atoms with Gasteiger partial charge in [0.05, 0.1) is 0 Å². The lowest BCUT2D eigenvalue weighted by Crippen LogP contribution is -2.43. The summed E-state index contributed by atoms with van der Waals surface area (Å²) in [5, 5.41) is 6.69. The number of amides is 2. The molecule has 0 atom stereocenters. The lowest BCUT2D eigenvalue weighted by Gasteiger charge is -2.29. The van der Waals surface area contributed by atoms with Crippen molar-refractivity contribution in [1.82, 2.24) is 15.2 Å². The summed E-state index contributed by atoms with van der Waals surface area (Å²) in [5.74, 6) is -0.263. The molecule has 3 rings (SSSR count). The molecule has 2 aromatic rings. The predicted molar refractivity (Wildman–Crippen MR) is 120 cm³/mol. The van der Waals surface area contributed by atoms with Crippen LogP contribution in [0, 0.1) is 5.92 Å². The molecule has 9 heteroatoms. The average molecular weight is 460 g/mol. The van der Waals surface area contributed by atoms with Gasteiger partial charge in [-0.2, -0.15) is 0 Å². The number of carbonyl (C=O) groups is 2. The molecule has 0 bridgehead atoms. The van der Waals surface area contributed by atoms with Gasteiger partial charge in [-0.1, -0.05) is 17.7 Å². The van der Waals surface area contributed by atoms with Crippen LogP contribution in [0.2, 0.25) is 5.02 Å². The highest BCUT2D eigenvalue weighted by atomic mass is 35.5. The van der Waals surface area contributed by atoms with Crippen molar-refractivity contribution in [2.75, 3.05) is 25.0 Å². The van der Waals surface area contributed by atoms with Crippen LogP contribution in [0.15, 0.2) is 48.8 Å². The molecule has 1 saturated heterocycles. The van der Waals surface area contributed by atoms with Gasteiger partial charge in [-0.05, 0) is 61.8 Å². The molecule has 2 heterocycles. The summed E-state index contributed by atoms with van der Waals surface area (Å²) in [6, 6.07) is 10.6. The van der Waals surface area contributed by atoms with Gasteiger partial charge in [-0.15, -0.1) is 24.8 Å². The van der Waals surface area contributed by atoms with E-state index in [1.54, 1.807) is 41.6 Å². The summed E-state index contributed by atoms with van der Waals surface area (Å²) < 4.78 is 0. The van der Waals surface area contributed by atoms with Crippen molar-refractivity contribution < 1.29 is 9.59 Å². The molecule has 1 aliphatic heterocycles. The van der Waals surface area contributed by atoms with Gasteiger partial charge < -0.3 is 15.5 Å². The van der Waals surface area contributed by atoms with E-state index in [0.29, 0.717) is 17.3 Å². The molecule has 1 aromatic heterocycles. The van der Waals surface area contributed by atoms with Crippen molar-refractivity contribution in [2.45, 2.75) is 19.4 Å². The van der Waals surface area contributed by atoms with Crippen LogP contribution < -0.4 is 10.6 Å². The second kappa shape index (κ2) is 12.6. The molecule has 0 unspecified atom stereocenters. The number of nitrogens with zero attached hydrogens (tertiary/aromatic N) is 2. The highest BCUT2D eigenvalue weighted by Crippen LogP contribution is 2.18. The highest BCUT2D eigenvalue weighted by Gasteiger charge is 2.27. The zero-order chi connectivity index (χ0) is 19.1. The van der Waals surface area contributed by atoms with E-state index in [1.807, 2.05) is 12.1 Å². The fourth-order valence-electron chi connectivity index (χ4n) is 3.16. The minimum Gasteiger partial charge on any atom is -0.329 e. The molecule has 158 valence electrons. The molecule has 0 spiro atoms. The van der Waals surface area contributed by atoms with Crippen molar-refractivity contribution in [3.63, 3.8) is 0 Å². The Morgan fingerprint density at radius 3 is 2.45 bits per heavy atom. The largest absolute Gasteiger partial charge is 0.329 e. The monoisotopic (exact) mass is 458 g/mol. The number of hydrogen-bond acceptors (Lipinski definition) is 4. The molecule has 0 aliphatic carbocycles. The van der Waals surface area contributed by atoms with Gasteiger partial charge in [0, 0.05) is 35.6 Å². The van der Waals surface area contributed by atoms with Gasteiger partial charge in [0.25, 0.3) is 0 Å². The van der Waals surface area contributed by atoms with Gasteiger partial charge in [0.15, 0.2) is 0 Å². The highest BCUT2D eigenvalue weighted by molar-refractivity contribution is 6.30.